The maximum absolute atomic E-state index is 5.66. The van der Waals surface area contributed by atoms with Crippen molar-refractivity contribution in [2.45, 2.75) is 13.0 Å². The summed E-state index contributed by atoms with van der Waals surface area (Å²) >= 11 is 0. The average molecular weight is 257 g/mol. The lowest BCUT2D eigenvalue weighted by Gasteiger charge is -2.10. The molecule has 0 aliphatic carbocycles. The highest BCUT2D eigenvalue weighted by atomic mass is 16.5. The fraction of sp³-hybridized carbons (Fsp3) is 0.286. The van der Waals surface area contributed by atoms with Crippen molar-refractivity contribution in [3.63, 3.8) is 0 Å². The molecule has 0 saturated carbocycles. The number of fused-ring (bicyclic) bond motifs is 1. The Balaban J connectivity index is 1.70. The zero-order chi connectivity index (χ0) is 12.9. The van der Waals surface area contributed by atoms with Crippen LogP contribution in [0.25, 0.3) is 0 Å². The standard InChI is InChI=1S/C14H15N3O2/c1-4-18-13-3-2-11(6-14(13)19-5-1)7-17-12-8-15-10-16-9-12/h2-3,6,8-10,17H,1,4-5,7H2. The Morgan fingerprint density at radius 3 is 2.68 bits per heavy atom. The Labute approximate surface area is 111 Å². The number of anilines is 1. The lowest BCUT2D eigenvalue weighted by atomic mass is 10.2. The highest BCUT2D eigenvalue weighted by molar-refractivity contribution is 5.45. The summed E-state index contributed by atoms with van der Waals surface area (Å²) in [6, 6.07) is 6.00. The zero-order valence-electron chi connectivity index (χ0n) is 10.5. The minimum Gasteiger partial charge on any atom is -0.490 e. The van der Waals surface area contributed by atoms with Gasteiger partial charge in [-0.1, -0.05) is 6.07 Å². The maximum atomic E-state index is 5.66. The van der Waals surface area contributed by atoms with Gasteiger partial charge in [0.15, 0.2) is 11.5 Å². The Bertz CT molecular complexity index is 546. The molecule has 1 aliphatic rings. The van der Waals surface area contributed by atoms with Crippen LogP contribution in [0, 0.1) is 0 Å². The van der Waals surface area contributed by atoms with Crippen LogP contribution in [0.1, 0.15) is 12.0 Å². The molecule has 19 heavy (non-hydrogen) atoms. The molecule has 0 saturated heterocycles. The molecule has 0 radical (unpaired) electrons. The van der Waals surface area contributed by atoms with E-state index >= 15 is 0 Å². The number of aromatic nitrogens is 2. The third kappa shape index (κ3) is 2.93. The van der Waals surface area contributed by atoms with Crippen molar-refractivity contribution < 1.29 is 9.47 Å². The third-order valence-corrected chi connectivity index (χ3v) is 2.87. The smallest absolute Gasteiger partial charge is 0.161 e. The fourth-order valence-electron chi connectivity index (χ4n) is 1.91. The van der Waals surface area contributed by atoms with E-state index in [0.717, 1.165) is 29.2 Å². The quantitative estimate of drug-likeness (QED) is 0.914. The molecule has 0 spiro atoms. The Kier molecular flexibility index (Phi) is 3.45. The van der Waals surface area contributed by atoms with Crippen LogP contribution in [0.3, 0.4) is 0 Å². The first kappa shape index (κ1) is 11.8. The van der Waals surface area contributed by atoms with Crippen molar-refractivity contribution in [3.05, 3.63) is 42.5 Å². The summed E-state index contributed by atoms with van der Waals surface area (Å²) in [4.78, 5) is 7.92. The molecular weight excluding hydrogens is 242 g/mol. The van der Waals surface area contributed by atoms with Gasteiger partial charge in [-0.25, -0.2) is 9.97 Å². The van der Waals surface area contributed by atoms with Crippen LogP contribution >= 0.6 is 0 Å². The third-order valence-electron chi connectivity index (χ3n) is 2.87. The molecule has 2 aromatic rings. The fourth-order valence-corrected chi connectivity index (χ4v) is 1.91. The monoisotopic (exact) mass is 257 g/mol. The van der Waals surface area contributed by atoms with E-state index in [9.17, 15) is 0 Å². The van der Waals surface area contributed by atoms with Crippen molar-refractivity contribution in [1.82, 2.24) is 9.97 Å². The van der Waals surface area contributed by atoms with Crippen molar-refractivity contribution in [2.24, 2.45) is 0 Å². The van der Waals surface area contributed by atoms with E-state index in [4.69, 9.17) is 9.47 Å². The Morgan fingerprint density at radius 2 is 1.84 bits per heavy atom. The van der Waals surface area contributed by atoms with E-state index in [1.165, 1.54) is 6.33 Å². The van der Waals surface area contributed by atoms with E-state index in [2.05, 4.69) is 15.3 Å². The van der Waals surface area contributed by atoms with Gasteiger partial charge >= 0.3 is 0 Å². The van der Waals surface area contributed by atoms with Crippen molar-refractivity contribution in [2.75, 3.05) is 18.5 Å². The zero-order valence-corrected chi connectivity index (χ0v) is 10.5. The van der Waals surface area contributed by atoms with Gasteiger partial charge in [-0.2, -0.15) is 0 Å². The number of rotatable bonds is 3. The van der Waals surface area contributed by atoms with Crippen molar-refractivity contribution in [1.29, 1.82) is 0 Å². The predicted octanol–water partition coefficient (Wildman–Crippen LogP) is 2.25. The van der Waals surface area contributed by atoms with Crippen LogP contribution in [-0.4, -0.2) is 23.2 Å². The van der Waals surface area contributed by atoms with Crippen LogP contribution < -0.4 is 14.8 Å². The molecule has 0 amide bonds. The number of hydrogen-bond donors (Lipinski definition) is 1. The highest BCUT2D eigenvalue weighted by Gasteiger charge is 2.10. The summed E-state index contributed by atoms with van der Waals surface area (Å²) in [7, 11) is 0. The molecule has 5 nitrogen and oxygen atoms in total. The van der Waals surface area contributed by atoms with Crippen LogP contribution in [0.15, 0.2) is 36.9 Å². The summed E-state index contributed by atoms with van der Waals surface area (Å²) in [6.45, 7) is 2.12. The summed E-state index contributed by atoms with van der Waals surface area (Å²) in [5.74, 6) is 1.64. The predicted molar refractivity (Wildman–Crippen MR) is 71.4 cm³/mol. The summed E-state index contributed by atoms with van der Waals surface area (Å²) < 4.78 is 11.3. The number of ether oxygens (including phenoxy) is 2. The van der Waals surface area contributed by atoms with Gasteiger partial charge in [0.1, 0.15) is 6.33 Å². The molecule has 2 heterocycles. The topological polar surface area (TPSA) is 56.3 Å². The molecule has 3 rings (SSSR count). The molecule has 98 valence electrons. The number of nitrogens with zero attached hydrogens (tertiary/aromatic N) is 2. The normalized spacial score (nSPS) is 13.7. The van der Waals surface area contributed by atoms with Crippen molar-refractivity contribution in [3.8, 4) is 11.5 Å². The van der Waals surface area contributed by atoms with E-state index in [0.29, 0.717) is 19.8 Å². The SMILES string of the molecule is c1ncc(NCc2ccc3c(c2)OCCCO3)cn1. The van der Waals surface area contributed by atoms with Crippen LogP contribution in [0.4, 0.5) is 5.69 Å². The molecular formula is C14H15N3O2. The van der Waals surface area contributed by atoms with E-state index < -0.39 is 0 Å². The average Bonchev–Trinajstić information content (AvgIpc) is 2.71. The minimum atomic E-state index is 0.698. The van der Waals surface area contributed by atoms with Gasteiger partial charge in [0, 0.05) is 13.0 Å². The van der Waals surface area contributed by atoms with Gasteiger partial charge in [-0.05, 0) is 17.7 Å². The summed E-state index contributed by atoms with van der Waals surface area (Å²) in [5.41, 5.74) is 2.03. The molecule has 0 atom stereocenters. The lowest BCUT2D eigenvalue weighted by molar-refractivity contribution is 0.297. The van der Waals surface area contributed by atoms with Crippen molar-refractivity contribution >= 4 is 5.69 Å². The van der Waals surface area contributed by atoms with Gasteiger partial charge in [0.05, 0.1) is 31.3 Å². The molecule has 1 aliphatic heterocycles. The molecule has 1 aromatic heterocycles. The molecule has 0 fully saturated rings. The second-order valence-corrected chi connectivity index (χ2v) is 4.31. The van der Waals surface area contributed by atoms with E-state index in [1.54, 1.807) is 12.4 Å². The Hall–Kier alpha value is -2.30. The maximum Gasteiger partial charge on any atom is 0.161 e. The first-order chi connectivity index (χ1) is 9.42. The molecule has 1 N–H and O–H groups in total. The first-order valence-corrected chi connectivity index (χ1v) is 6.29. The van der Waals surface area contributed by atoms with Gasteiger partial charge in [-0.3, -0.25) is 0 Å². The number of hydrogen-bond acceptors (Lipinski definition) is 5. The number of benzene rings is 1. The van der Waals surface area contributed by atoms with Crippen LogP contribution in [0.2, 0.25) is 0 Å². The summed E-state index contributed by atoms with van der Waals surface area (Å²) in [5, 5.41) is 3.26. The lowest BCUT2D eigenvalue weighted by Crippen LogP contribution is -2.01. The molecule has 0 unspecified atom stereocenters. The number of nitrogens with one attached hydrogen (secondary N) is 1. The van der Waals surface area contributed by atoms with E-state index in [1.807, 2.05) is 18.2 Å². The van der Waals surface area contributed by atoms with Gasteiger partial charge in [-0.15, -0.1) is 0 Å². The van der Waals surface area contributed by atoms with Gasteiger partial charge in [0.2, 0.25) is 0 Å². The second-order valence-electron chi connectivity index (χ2n) is 4.31. The molecule has 1 aromatic carbocycles. The minimum absolute atomic E-state index is 0.698. The van der Waals surface area contributed by atoms with Crippen LogP contribution in [0.5, 0.6) is 11.5 Å². The van der Waals surface area contributed by atoms with Gasteiger partial charge < -0.3 is 14.8 Å². The largest absolute Gasteiger partial charge is 0.490 e. The first-order valence-electron chi connectivity index (χ1n) is 6.29. The summed E-state index contributed by atoms with van der Waals surface area (Å²) in [6.07, 6.45) is 5.93. The van der Waals surface area contributed by atoms with E-state index in [-0.39, 0.29) is 0 Å². The molecule has 5 heteroatoms. The van der Waals surface area contributed by atoms with Gasteiger partial charge in [0.25, 0.3) is 0 Å². The molecule has 0 bridgehead atoms. The van der Waals surface area contributed by atoms with Crippen LogP contribution in [-0.2, 0) is 6.54 Å². The Morgan fingerprint density at radius 1 is 1.05 bits per heavy atom. The highest BCUT2D eigenvalue weighted by Crippen LogP contribution is 2.30. The second kappa shape index (κ2) is 5.56.